The van der Waals surface area contributed by atoms with E-state index in [2.05, 4.69) is 24.5 Å². The van der Waals surface area contributed by atoms with Crippen LogP contribution in [0.2, 0.25) is 0 Å². The van der Waals surface area contributed by atoms with Crippen LogP contribution in [0.1, 0.15) is 40.0 Å². The predicted octanol–water partition coefficient (Wildman–Crippen LogP) is 0.901. The Kier molecular flexibility index (Phi) is 4.95. The molecule has 1 heterocycles. The van der Waals surface area contributed by atoms with Crippen molar-refractivity contribution in [2.45, 2.75) is 40.0 Å². The Bertz CT molecular complexity index is 248. The van der Waals surface area contributed by atoms with Crippen LogP contribution in [0.15, 0.2) is 0 Å². The number of nitrogens with one attached hydrogen (secondary N) is 2. The molecule has 0 aliphatic carbocycles. The van der Waals surface area contributed by atoms with Gasteiger partial charge in [-0.3, -0.25) is 4.79 Å². The number of carbonyl (C=O) groups is 1. The maximum atomic E-state index is 12.1. The van der Waals surface area contributed by atoms with Gasteiger partial charge in [0.1, 0.15) is 0 Å². The normalized spacial score (nSPS) is 24.9. The van der Waals surface area contributed by atoms with E-state index in [9.17, 15) is 9.90 Å². The molecule has 0 radical (unpaired) electrons. The van der Waals surface area contributed by atoms with Gasteiger partial charge >= 0.3 is 0 Å². The first-order valence-electron chi connectivity index (χ1n) is 6.62. The molecule has 17 heavy (non-hydrogen) atoms. The molecule has 1 rings (SSSR count). The average molecular weight is 242 g/mol. The third kappa shape index (κ3) is 3.19. The fourth-order valence-corrected chi connectivity index (χ4v) is 2.27. The van der Waals surface area contributed by atoms with Crippen molar-refractivity contribution < 1.29 is 9.90 Å². The number of hydrogen-bond acceptors (Lipinski definition) is 3. The van der Waals surface area contributed by atoms with Gasteiger partial charge in [0.2, 0.25) is 5.91 Å². The van der Waals surface area contributed by atoms with Crippen molar-refractivity contribution >= 4 is 5.91 Å². The SMILES string of the molecule is CCC(CC)(CO)CNC(=O)C1(C)CCNC1. The van der Waals surface area contributed by atoms with Crippen molar-refractivity contribution in [2.24, 2.45) is 10.8 Å². The van der Waals surface area contributed by atoms with Gasteiger partial charge in [0.05, 0.1) is 12.0 Å². The van der Waals surface area contributed by atoms with E-state index in [1.165, 1.54) is 0 Å². The molecule has 0 spiro atoms. The summed E-state index contributed by atoms with van der Waals surface area (Å²) in [6.07, 6.45) is 2.66. The number of carbonyl (C=O) groups excluding carboxylic acids is 1. The van der Waals surface area contributed by atoms with Gasteiger partial charge in [0, 0.05) is 18.5 Å². The molecule has 1 unspecified atom stereocenters. The van der Waals surface area contributed by atoms with Gasteiger partial charge in [0.15, 0.2) is 0 Å². The zero-order chi connectivity index (χ0) is 12.9. The average Bonchev–Trinajstić information content (AvgIpc) is 2.80. The van der Waals surface area contributed by atoms with Gasteiger partial charge in [-0.15, -0.1) is 0 Å². The quantitative estimate of drug-likeness (QED) is 0.648. The van der Waals surface area contributed by atoms with Crippen molar-refractivity contribution in [3.8, 4) is 0 Å². The van der Waals surface area contributed by atoms with Crippen molar-refractivity contribution in [1.82, 2.24) is 10.6 Å². The second-order valence-electron chi connectivity index (χ2n) is 5.54. The molecule has 1 aliphatic heterocycles. The van der Waals surface area contributed by atoms with Crippen LogP contribution in [0.3, 0.4) is 0 Å². The van der Waals surface area contributed by atoms with E-state index in [-0.39, 0.29) is 23.3 Å². The molecule has 1 atom stereocenters. The number of amides is 1. The summed E-state index contributed by atoms with van der Waals surface area (Å²) in [6, 6.07) is 0. The lowest BCUT2D eigenvalue weighted by molar-refractivity contribution is -0.130. The van der Waals surface area contributed by atoms with Gasteiger partial charge in [-0.1, -0.05) is 13.8 Å². The van der Waals surface area contributed by atoms with Crippen LogP contribution < -0.4 is 10.6 Å². The molecule has 0 aromatic heterocycles. The van der Waals surface area contributed by atoms with E-state index in [4.69, 9.17) is 0 Å². The van der Waals surface area contributed by atoms with Crippen LogP contribution in [0.5, 0.6) is 0 Å². The Morgan fingerprint density at radius 2 is 2.12 bits per heavy atom. The first kappa shape index (κ1) is 14.5. The number of rotatable bonds is 6. The van der Waals surface area contributed by atoms with Crippen LogP contribution in [0.4, 0.5) is 0 Å². The lowest BCUT2D eigenvalue weighted by Gasteiger charge is -2.31. The lowest BCUT2D eigenvalue weighted by atomic mass is 9.82. The van der Waals surface area contributed by atoms with Crippen molar-refractivity contribution in [3.05, 3.63) is 0 Å². The Hall–Kier alpha value is -0.610. The molecule has 0 aromatic rings. The molecule has 100 valence electrons. The largest absolute Gasteiger partial charge is 0.396 e. The van der Waals surface area contributed by atoms with E-state index >= 15 is 0 Å². The molecule has 0 bridgehead atoms. The summed E-state index contributed by atoms with van der Waals surface area (Å²) in [5, 5.41) is 15.7. The Labute approximate surface area is 104 Å². The second-order valence-corrected chi connectivity index (χ2v) is 5.54. The Morgan fingerprint density at radius 1 is 1.47 bits per heavy atom. The first-order chi connectivity index (χ1) is 8.02. The maximum Gasteiger partial charge on any atom is 0.227 e. The molecule has 1 amide bonds. The molecule has 1 saturated heterocycles. The first-order valence-corrected chi connectivity index (χ1v) is 6.62. The van der Waals surface area contributed by atoms with Crippen LogP contribution in [0.25, 0.3) is 0 Å². The van der Waals surface area contributed by atoms with Gasteiger partial charge in [-0.2, -0.15) is 0 Å². The van der Waals surface area contributed by atoms with Crippen molar-refractivity contribution in [2.75, 3.05) is 26.2 Å². The molecule has 4 heteroatoms. The Morgan fingerprint density at radius 3 is 2.53 bits per heavy atom. The third-order valence-electron chi connectivity index (χ3n) is 4.38. The molecule has 1 fully saturated rings. The molecule has 0 saturated carbocycles. The van der Waals surface area contributed by atoms with Crippen LogP contribution in [-0.4, -0.2) is 37.3 Å². The van der Waals surface area contributed by atoms with Gasteiger partial charge < -0.3 is 15.7 Å². The second kappa shape index (κ2) is 5.83. The van der Waals surface area contributed by atoms with Crippen molar-refractivity contribution in [3.63, 3.8) is 0 Å². The minimum Gasteiger partial charge on any atom is -0.396 e. The predicted molar refractivity (Wildman–Crippen MR) is 68.7 cm³/mol. The van der Waals surface area contributed by atoms with Gasteiger partial charge in [0.25, 0.3) is 0 Å². The number of aliphatic hydroxyl groups excluding tert-OH is 1. The zero-order valence-electron chi connectivity index (χ0n) is 11.3. The van der Waals surface area contributed by atoms with Gasteiger partial charge in [-0.05, 0) is 32.7 Å². The van der Waals surface area contributed by atoms with Crippen molar-refractivity contribution in [1.29, 1.82) is 0 Å². The standard InChI is InChI=1S/C13H26N2O2/c1-4-13(5-2,10-16)9-15-11(17)12(3)6-7-14-8-12/h14,16H,4-10H2,1-3H3,(H,15,17). The fourth-order valence-electron chi connectivity index (χ4n) is 2.27. The monoisotopic (exact) mass is 242 g/mol. The van der Waals surface area contributed by atoms with E-state index in [0.29, 0.717) is 6.54 Å². The smallest absolute Gasteiger partial charge is 0.227 e. The van der Waals surface area contributed by atoms with E-state index in [1.54, 1.807) is 0 Å². The number of hydrogen-bond donors (Lipinski definition) is 3. The topological polar surface area (TPSA) is 61.4 Å². The molecule has 0 aromatic carbocycles. The highest BCUT2D eigenvalue weighted by Crippen LogP contribution is 2.27. The van der Waals surface area contributed by atoms with Crippen LogP contribution >= 0.6 is 0 Å². The van der Waals surface area contributed by atoms with Crippen LogP contribution in [0, 0.1) is 10.8 Å². The summed E-state index contributed by atoms with van der Waals surface area (Å²) in [6.45, 7) is 8.50. The third-order valence-corrected chi connectivity index (χ3v) is 4.38. The van der Waals surface area contributed by atoms with E-state index in [0.717, 1.165) is 32.4 Å². The zero-order valence-corrected chi connectivity index (χ0v) is 11.3. The Balaban J connectivity index is 2.52. The van der Waals surface area contributed by atoms with E-state index in [1.807, 2.05) is 6.92 Å². The minimum absolute atomic E-state index is 0.113. The van der Waals surface area contributed by atoms with Gasteiger partial charge in [-0.25, -0.2) is 0 Å². The van der Waals surface area contributed by atoms with Crippen LogP contribution in [-0.2, 0) is 4.79 Å². The highest BCUT2D eigenvalue weighted by Gasteiger charge is 2.37. The summed E-state index contributed by atoms with van der Waals surface area (Å²) in [4.78, 5) is 12.1. The fraction of sp³-hybridized carbons (Fsp3) is 0.923. The number of aliphatic hydroxyl groups is 1. The summed E-state index contributed by atoms with van der Waals surface area (Å²) >= 11 is 0. The summed E-state index contributed by atoms with van der Waals surface area (Å²) in [5.74, 6) is 0.113. The highest BCUT2D eigenvalue weighted by atomic mass is 16.3. The summed E-state index contributed by atoms with van der Waals surface area (Å²) in [7, 11) is 0. The summed E-state index contributed by atoms with van der Waals surface area (Å²) in [5.41, 5.74) is -0.430. The molecular formula is C13H26N2O2. The maximum absolute atomic E-state index is 12.1. The molecule has 1 aliphatic rings. The van der Waals surface area contributed by atoms with E-state index < -0.39 is 0 Å². The molecule has 4 nitrogen and oxygen atoms in total. The lowest BCUT2D eigenvalue weighted by Crippen LogP contribution is -2.46. The molecular weight excluding hydrogens is 216 g/mol. The summed E-state index contributed by atoms with van der Waals surface area (Å²) < 4.78 is 0. The highest BCUT2D eigenvalue weighted by molar-refractivity contribution is 5.82. The minimum atomic E-state index is -0.275. The molecule has 3 N–H and O–H groups in total.